The molecule has 6 nitrogen and oxygen atoms in total. The van der Waals surface area contributed by atoms with E-state index in [2.05, 4.69) is 70.5 Å². The first-order chi connectivity index (χ1) is 16.0. The number of rotatable bonds is 6. The molecule has 0 unspecified atom stereocenters. The van der Waals surface area contributed by atoms with E-state index in [1.165, 1.54) is 58.6 Å². The number of benzene rings is 2. The normalized spacial score (nSPS) is 17.9. The van der Waals surface area contributed by atoms with Gasteiger partial charge in [0.05, 0.1) is 23.5 Å². The van der Waals surface area contributed by atoms with Crippen molar-refractivity contribution in [3.05, 3.63) is 77.1 Å². The summed E-state index contributed by atoms with van der Waals surface area (Å²) in [6.07, 6.45) is 5.66. The summed E-state index contributed by atoms with van der Waals surface area (Å²) in [4.78, 5) is 20.4. The van der Waals surface area contributed by atoms with Crippen molar-refractivity contribution in [1.82, 2.24) is 9.88 Å². The number of nitrogens with one attached hydrogen (secondary N) is 1. The van der Waals surface area contributed by atoms with Crippen LogP contribution in [0.25, 0.3) is 11.1 Å². The number of aromatic carboxylic acids is 1. The highest BCUT2D eigenvalue weighted by atomic mass is 16.4. The third kappa shape index (κ3) is 4.18. The maximum atomic E-state index is 11.5. The van der Waals surface area contributed by atoms with Gasteiger partial charge in [0.2, 0.25) is 0 Å². The summed E-state index contributed by atoms with van der Waals surface area (Å²) in [6, 6.07) is 15.3. The predicted molar refractivity (Wildman–Crippen MR) is 132 cm³/mol. The number of carboxylic acids is 1. The van der Waals surface area contributed by atoms with E-state index in [9.17, 15) is 9.90 Å². The number of nitrogens with zero attached hydrogens (tertiary/aromatic N) is 3. The molecule has 0 saturated carbocycles. The summed E-state index contributed by atoms with van der Waals surface area (Å²) in [5.74, 6) is -0.948. The monoisotopic (exact) mass is 442 g/mol. The minimum Gasteiger partial charge on any atom is -0.478 e. The highest BCUT2D eigenvalue weighted by Gasteiger charge is 2.28. The molecule has 2 aromatic carbocycles. The van der Waals surface area contributed by atoms with E-state index in [1.807, 2.05) is 0 Å². The van der Waals surface area contributed by atoms with Crippen LogP contribution in [0.5, 0.6) is 0 Å². The molecule has 2 aliphatic rings. The number of anilines is 2. The summed E-state index contributed by atoms with van der Waals surface area (Å²) < 4.78 is 0. The SMILES string of the molecule is Cc1cc(N2CCCC2)ccc1-c1ccc2c(c1)CN(C)[C@H]2CNc1cnccc1C(=O)O. The van der Waals surface area contributed by atoms with Gasteiger partial charge in [-0.3, -0.25) is 9.88 Å². The standard InChI is InChI=1S/C27H30N4O2/c1-18-13-21(31-11-3-4-12-31)6-8-22(18)19-5-7-23-20(14-19)17-30(2)26(23)16-29-25-15-28-10-9-24(25)27(32)33/h5-10,13-15,26,29H,3-4,11-12,16-17H2,1-2H3,(H,32,33)/t26-/m0/s1. The van der Waals surface area contributed by atoms with Crippen molar-refractivity contribution >= 4 is 17.3 Å². The van der Waals surface area contributed by atoms with Crippen LogP contribution < -0.4 is 10.2 Å². The van der Waals surface area contributed by atoms with Gasteiger partial charge in [0.15, 0.2) is 0 Å². The molecule has 1 fully saturated rings. The molecule has 0 spiro atoms. The van der Waals surface area contributed by atoms with Crippen molar-refractivity contribution in [1.29, 1.82) is 0 Å². The minimum absolute atomic E-state index is 0.176. The van der Waals surface area contributed by atoms with Crippen LogP contribution in [-0.4, -0.2) is 47.6 Å². The van der Waals surface area contributed by atoms with Gasteiger partial charge in [0.1, 0.15) is 0 Å². The molecule has 5 rings (SSSR count). The van der Waals surface area contributed by atoms with E-state index in [0.29, 0.717) is 12.2 Å². The topological polar surface area (TPSA) is 68.7 Å². The van der Waals surface area contributed by atoms with Crippen molar-refractivity contribution in [3.8, 4) is 11.1 Å². The predicted octanol–water partition coefficient (Wildman–Crippen LogP) is 4.95. The van der Waals surface area contributed by atoms with Crippen molar-refractivity contribution in [2.24, 2.45) is 0 Å². The minimum atomic E-state index is -0.948. The molecule has 1 atom stereocenters. The van der Waals surface area contributed by atoms with Gasteiger partial charge < -0.3 is 15.3 Å². The van der Waals surface area contributed by atoms with Crippen LogP contribution in [0, 0.1) is 6.92 Å². The maximum Gasteiger partial charge on any atom is 0.337 e. The van der Waals surface area contributed by atoms with Crippen LogP contribution in [0.1, 0.15) is 45.9 Å². The highest BCUT2D eigenvalue weighted by Crippen LogP contribution is 2.37. The fraction of sp³-hybridized carbons (Fsp3) is 0.333. The molecule has 170 valence electrons. The Morgan fingerprint density at radius 1 is 1.15 bits per heavy atom. The Labute approximate surface area is 194 Å². The van der Waals surface area contributed by atoms with Crippen LogP contribution in [0.15, 0.2) is 54.9 Å². The first-order valence-electron chi connectivity index (χ1n) is 11.6. The lowest BCUT2D eigenvalue weighted by Gasteiger charge is -2.22. The van der Waals surface area contributed by atoms with Gasteiger partial charge in [-0.1, -0.05) is 18.2 Å². The number of hydrogen-bond donors (Lipinski definition) is 2. The summed E-state index contributed by atoms with van der Waals surface area (Å²) in [5.41, 5.74) is 8.59. The highest BCUT2D eigenvalue weighted by molar-refractivity contribution is 5.93. The lowest BCUT2D eigenvalue weighted by atomic mass is 9.95. The number of carbonyl (C=O) groups is 1. The lowest BCUT2D eigenvalue weighted by molar-refractivity contribution is 0.0697. The summed E-state index contributed by atoms with van der Waals surface area (Å²) in [6.45, 7) is 6.02. The molecule has 0 aliphatic carbocycles. The third-order valence-electron chi connectivity index (χ3n) is 6.98. The molecule has 3 heterocycles. The number of aryl methyl sites for hydroxylation is 1. The van der Waals surface area contributed by atoms with Gasteiger partial charge in [-0.2, -0.15) is 0 Å². The first kappa shape index (κ1) is 21.5. The largest absolute Gasteiger partial charge is 0.478 e. The Kier molecular flexibility index (Phi) is 5.77. The van der Waals surface area contributed by atoms with E-state index in [1.54, 1.807) is 6.20 Å². The molecule has 2 N–H and O–H groups in total. The second-order valence-corrected chi connectivity index (χ2v) is 9.15. The Morgan fingerprint density at radius 3 is 2.73 bits per heavy atom. The maximum absolute atomic E-state index is 11.5. The van der Waals surface area contributed by atoms with Gasteiger partial charge in [-0.05, 0) is 78.9 Å². The Hall–Kier alpha value is -3.38. The number of aromatic nitrogens is 1. The van der Waals surface area contributed by atoms with Gasteiger partial charge in [-0.15, -0.1) is 0 Å². The fourth-order valence-electron chi connectivity index (χ4n) is 5.19. The zero-order valence-electron chi connectivity index (χ0n) is 19.2. The van der Waals surface area contributed by atoms with Gasteiger partial charge >= 0.3 is 5.97 Å². The Bertz CT molecular complexity index is 1190. The second kappa shape index (κ2) is 8.87. The zero-order valence-corrected chi connectivity index (χ0v) is 19.2. The smallest absolute Gasteiger partial charge is 0.337 e. The van der Waals surface area contributed by atoms with E-state index in [-0.39, 0.29) is 11.6 Å². The van der Waals surface area contributed by atoms with Crippen LogP contribution >= 0.6 is 0 Å². The molecule has 0 amide bonds. The van der Waals surface area contributed by atoms with Crippen LogP contribution in [-0.2, 0) is 6.54 Å². The molecule has 1 aromatic heterocycles. The Morgan fingerprint density at radius 2 is 1.97 bits per heavy atom. The van der Waals surface area contributed by atoms with E-state index in [0.717, 1.165) is 19.6 Å². The molecule has 1 saturated heterocycles. The summed E-state index contributed by atoms with van der Waals surface area (Å²) in [5, 5.41) is 12.7. The lowest BCUT2D eigenvalue weighted by Crippen LogP contribution is -2.24. The quantitative estimate of drug-likeness (QED) is 0.563. The Balaban J connectivity index is 1.36. The molecular formula is C27H30N4O2. The van der Waals surface area contributed by atoms with E-state index < -0.39 is 5.97 Å². The van der Waals surface area contributed by atoms with Crippen LogP contribution in [0.3, 0.4) is 0 Å². The van der Waals surface area contributed by atoms with E-state index >= 15 is 0 Å². The first-order valence-corrected chi connectivity index (χ1v) is 11.6. The van der Waals surface area contributed by atoms with E-state index in [4.69, 9.17) is 0 Å². The molecule has 0 bridgehead atoms. The number of carboxylic acid groups (broad SMARTS) is 1. The fourth-order valence-corrected chi connectivity index (χ4v) is 5.19. The summed E-state index contributed by atoms with van der Waals surface area (Å²) >= 11 is 0. The number of hydrogen-bond acceptors (Lipinski definition) is 5. The van der Waals surface area contributed by atoms with Crippen molar-refractivity contribution in [3.63, 3.8) is 0 Å². The van der Waals surface area contributed by atoms with Crippen LogP contribution in [0.2, 0.25) is 0 Å². The molecule has 6 heteroatoms. The third-order valence-corrected chi connectivity index (χ3v) is 6.98. The molecule has 3 aromatic rings. The number of fused-ring (bicyclic) bond motifs is 1. The summed E-state index contributed by atoms with van der Waals surface area (Å²) in [7, 11) is 2.11. The van der Waals surface area contributed by atoms with Gasteiger partial charge in [-0.25, -0.2) is 4.79 Å². The average molecular weight is 443 g/mol. The van der Waals surface area contributed by atoms with Gasteiger partial charge in [0.25, 0.3) is 0 Å². The van der Waals surface area contributed by atoms with Gasteiger partial charge in [0, 0.05) is 38.1 Å². The molecule has 2 aliphatic heterocycles. The van der Waals surface area contributed by atoms with Crippen molar-refractivity contribution in [2.75, 3.05) is 36.9 Å². The average Bonchev–Trinajstić information content (AvgIpc) is 3.45. The van der Waals surface area contributed by atoms with Crippen molar-refractivity contribution < 1.29 is 9.90 Å². The zero-order chi connectivity index (χ0) is 22.9. The second-order valence-electron chi connectivity index (χ2n) is 9.15. The van der Waals surface area contributed by atoms with Crippen LogP contribution in [0.4, 0.5) is 11.4 Å². The number of pyridine rings is 1. The molecule has 0 radical (unpaired) electrons. The van der Waals surface area contributed by atoms with Crippen molar-refractivity contribution in [2.45, 2.75) is 32.4 Å². The molecular weight excluding hydrogens is 412 g/mol. The number of likely N-dealkylation sites (N-methyl/N-ethyl adjacent to an activating group) is 1. The molecule has 33 heavy (non-hydrogen) atoms.